The zero-order valence-corrected chi connectivity index (χ0v) is 18.5. The van der Waals surface area contributed by atoms with Crippen molar-refractivity contribution in [1.82, 2.24) is 9.80 Å². The van der Waals surface area contributed by atoms with Gasteiger partial charge in [0.1, 0.15) is 5.75 Å². The lowest BCUT2D eigenvalue weighted by Crippen LogP contribution is -2.60. The van der Waals surface area contributed by atoms with Crippen LogP contribution in [0.2, 0.25) is 0 Å². The van der Waals surface area contributed by atoms with E-state index in [0.717, 1.165) is 52.0 Å². The van der Waals surface area contributed by atoms with Gasteiger partial charge in [-0.2, -0.15) is 0 Å². The van der Waals surface area contributed by atoms with Crippen molar-refractivity contribution in [2.75, 3.05) is 52.6 Å². The zero-order chi connectivity index (χ0) is 21.7. The van der Waals surface area contributed by atoms with Crippen molar-refractivity contribution in [2.45, 2.75) is 38.6 Å². The monoisotopic (exact) mass is 430 g/mol. The van der Waals surface area contributed by atoms with E-state index in [4.69, 9.17) is 14.2 Å². The van der Waals surface area contributed by atoms with Gasteiger partial charge >= 0.3 is 5.97 Å². The first-order valence-electron chi connectivity index (χ1n) is 11.6. The first-order valence-corrected chi connectivity index (χ1v) is 11.6. The molecule has 0 unspecified atom stereocenters. The average Bonchev–Trinajstić information content (AvgIpc) is 2.83. The third-order valence-electron chi connectivity index (χ3n) is 7.18. The van der Waals surface area contributed by atoms with Crippen LogP contribution in [0, 0.1) is 11.3 Å². The molecule has 1 saturated carbocycles. The molecule has 2 aliphatic heterocycles. The van der Waals surface area contributed by atoms with Crippen molar-refractivity contribution >= 4 is 11.9 Å². The van der Waals surface area contributed by atoms with Crippen LogP contribution in [0.4, 0.5) is 0 Å². The second-order valence-corrected chi connectivity index (χ2v) is 8.86. The number of carbonyl (C=O) groups is 2. The lowest BCUT2D eigenvalue weighted by molar-refractivity contribution is -0.172. The fourth-order valence-electron chi connectivity index (χ4n) is 5.48. The molecule has 3 atom stereocenters. The van der Waals surface area contributed by atoms with Crippen molar-refractivity contribution in [3.63, 3.8) is 0 Å². The molecule has 2 heterocycles. The molecule has 2 saturated heterocycles. The Morgan fingerprint density at radius 1 is 1.13 bits per heavy atom. The van der Waals surface area contributed by atoms with E-state index in [1.165, 1.54) is 0 Å². The van der Waals surface area contributed by atoms with Crippen molar-refractivity contribution < 1.29 is 23.8 Å². The Bertz CT molecular complexity index is 752. The number of piperidine rings is 1. The number of hydrogen-bond acceptors (Lipinski definition) is 6. The van der Waals surface area contributed by atoms with Gasteiger partial charge in [-0.15, -0.1) is 0 Å². The maximum absolute atomic E-state index is 13.2. The summed E-state index contributed by atoms with van der Waals surface area (Å²) >= 11 is 0. The molecule has 7 nitrogen and oxygen atoms in total. The Hall–Kier alpha value is -2.12. The summed E-state index contributed by atoms with van der Waals surface area (Å²) in [6.07, 6.45) is 3.54. The molecular weight excluding hydrogens is 396 g/mol. The molecule has 4 rings (SSSR count). The minimum Gasteiger partial charge on any atom is -0.484 e. The number of rotatable bonds is 6. The molecule has 170 valence electrons. The number of ether oxygens (including phenoxy) is 3. The normalized spacial score (nSPS) is 29.1. The molecule has 1 aromatic rings. The van der Waals surface area contributed by atoms with Crippen LogP contribution in [0.15, 0.2) is 30.3 Å². The van der Waals surface area contributed by atoms with Gasteiger partial charge in [0, 0.05) is 32.2 Å². The third-order valence-corrected chi connectivity index (χ3v) is 7.18. The Morgan fingerprint density at radius 2 is 1.90 bits per heavy atom. The van der Waals surface area contributed by atoms with E-state index >= 15 is 0 Å². The number of nitrogens with zero attached hydrogens (tertiary/aromatic N) is 2. The molecule has 0 N–H and O–H groups in total. The Kier molecular flexibility index (Phi) is 7.13. The van der Waals surface area contributed by atoms with Crippen LogP contribution in [-0.2, 0) is 19.1 Å². The van der Waals surface area contributed by atoms with Crippen LogP contribution in [0.25, 0.3) is 0 Å². The number of amides is 1. The van der Waals surface area contributed by atoms with E-state index in [1.54, 1.807) is 0 Å². The predicted octanol–water partition coefficient (Wildman–Crippen LogP) is 2.35. The summed E-state index contributed by atoms with van der Waals surface area (Å²) in [6.45, 7) is 6.80. The lowest BCUT2D eigenvalue weighted by Gasteiger charge is -2.52. The predicted molar refractivity (Wildman–Crippen MR) is 116 cm³/mol. The summed E-state index contributed by atoms with van der Waals surface area (Å²) in [6, 6.07) is 9.84. The van der Waals surface area contributed by atoms with Gasteiger partial charge in [0.05, 0.1) is 25.2 Å². The average molecular weight is 431 g/mol. The molecule has 0 aromatic heterocycles. The SMILES string of the molecule is CCOC(=O)[C@@]12CC[C@H](N3CCOCC3)C[C@H]1CCN(C(=O)COc1ccccc1)C2. The van der Waals surface area contributed by atoms with E-state index in [9.17, 15) is 9.59 Å². The molecule has 1 amide bonds. The number of benzene rings is 1. The van der Waals surface area contributed by atoms with Gasteiger partial charge in [-0.3, -0.25) is 14.5 Å². The fourth-order valence-corrected chi connectivity index (χ4v) is 5.48. The van der Waals surface area contributed by atoms with E-state index < -0.39 is 5.41 Å². The summed E-state index contributed by atoms with van der Waals surface area (Å²) in [5, 5.41) is 0. The smallest absolute Gasteiger partial charge is 0.314 e. The molecule has 3 fully saturated rings. The molecular formula is C24H34N2O5. The molecule has 0 radical (unpaired) electrons. The highest BCUT2D eigenvalue weighted by Crippen LogP contribution is 2.48. The van der Waals surface area contributed by atoms with Crippen LogP contribution < -0.4 is 4.74 Å². The number of para-hydroxylation sites is 1. The number of carbonyl (C=O) groups excluding carboxylic acids is 2. The zero-order valence-electron chi connectivity index (χ0n) is 18.5. The van der Waals surface area contributed by atoms with Gasteiger partial charge in [0.15, 0.2) is 6.61 Å². The van der Waals surface area contributed by atoms with Gasteiger partial charge < -0.3 is 19.1 Å². The number of esters is 1. The van der Waals surface area contributed by atoms with Crippen LogP contribution in [0.1, 0.15) is 32.6 Å². The van der Waals surface area contributed by atoms with Crippen LogP contribution in [0.5, 0.6) is 5.75 Å². The number of morpholine rings is 1. The molecule has 31 heavy (non-hydrogen) atoms. The van der Waals surface area contributed by atoms with E-state index in [0.29, 0.717) is 31.5 Å². The molecule has 3 aliphatic rings. The van der Waals surface area contributed by atoms with Gasteiger partial charge in [0.2, 0.25) is 0 Å². The molecule has 0 spiro atoms. The van der Waals surface area contributed by atoms with Crippen molar-refractivity contribution in [1.29, 1.82) is 0 Å². The first kappa shape index (κ1) is 22.1. The maximum atomic E-state index is 13.2. The fraction of sp³-hybridized carbons (Fsp3) is 0.667. The van der Waals surface area contributed by atoms with Crippen molar-refractivity contribution in [3.8, 4) is 5.75 Å². The number of hydrogen-bond donors (Lipinski definition) is 0. The van der Waals surface area contributed by atoms with Crippen LogP contribution >= 0.6 is 0 Å². The highest BCUT2D eigenvalue weighted by molar-refractivity contribution is 5.82. The number of likely N-dealkylation sites (tertiary alicyclic amines) is 1. The molecule has 0 bridgehead atoms. The summed E-state index contributed by atoms with van der Waals surface area (Å²) in [5.74, 6) is 0.715. The Labute approximate surface area is 184 Å². The molecule has 7 heteroatoms. The first-order chi connectivity index (χ1) is 15.1. The van der Waals surface area contributed by atoms with Crippen LogP contribution in [0.3, 0.4) is 0 Å². The maximum Gasteiger partial charge on any atom is 0.314 e. The summed E-state index contributed by atoms with van der Waals surface area (Å²) < 4.78 is 16.7. The third kappa shape index (κ3) is 4.88. The Balaban J connectivity index is 1.43. The molecule has 1 aromatic carbocycles. The highest BCUT2D eigenvalue weighted by Gasteiger charge is 2.54. The largest absolute Gasteiger partial charge is 0.484 e. The second-order valence-electron chi connectivity index (χ2n) is 8.86. The summed E-state index contributed by atoms with van der Waals surface area (Å²) in [7, 11) is 0. The van der Waals surface area contributed by atoms with Gasteiger partial charge in [-0.25, -0.2) is 0 Å². The van der Waals surface area contributed by atoms with E-state index in [2.05, 4.69) is 4.90 Å². The Morgan fingerprint density at radius 3 is 2.65 bits per heavy atom. The number of fused-ring (bicyclic) bond motifs is 1. The van der Waals surface area contributed by atoms with Crippen molar-refractivity contribution in [2.24, 2.45) is 11.3 Å². The van der Waals surface area contributed by atoms with Gasteiger partial charge in [0.25, 0.3) is 5.91 Å². The summed E-state index contributed by atoms with van der Waals surface area (Å²) in [4.78, 5) is 30.4. The summed E-state index contributed by atoms with van der Waals surface area (Å²) in [5.41, 5.74) is -0.598. The standard InChI is InChI=1S/C24H34N2O5/c1-2-30-23(28)24-10-8-20(25-12-14-29-15-13-25)16-19(24)9-11-26(18-24)22(27)17-31-21-6-4-3-5-7-21/h3-7,19-20H,2,8-18H2,1H3/t19-,20+,24-/m1/s1. The van der Waals surface area contributed by atoms with Crippen molar-refractivity contribution in [3.05, 3.63) is 30.3 Å². The highest BCUT2D eigenvalue weighted by atomic mass is 16.5. The minimum atomic E-state index is -0.598. The second kappa shape index (κ2) is 10.0. The van der Waals surface area contributed by atoms with Gasteiger partial charge in [-0.1, -0.05) is 18.2 Å². The quantitative estimate of drug-likeness (QED) is 0.646. The minimum absolute atomic E-state index is 0.00993. The van der Waals surface area contributed by atoms with E-state index in [1.807, 2.05) is 42.2 Å². The lowest BCUT2D eigenvalue weighted by atomic mass is 9.61. The van der Waals surface area contributed by atoms with Gasteiger partial charge in [-0.05, 0) is 50.7 Å². The topological polar surface area (TPSA) is 68.3 Å². The molecule has 1 aliphatic carbocycles. The van der Waals surface area contributed by atoms with E-state index in [-0.39, 0.29) is 24.4 Å². The van der Waals surface area contributed by atoms with Crippen LogP contribution in [-0.4, -0.2) is 80.3 Å².